The molecule has 0 spiro atoms. The van der Waals surface area contributed by atoms with Crippen LogP contribution >= 0.6 is 11.8 Å². The molecule has 1 heterocycles. The Morgan fingerprint density at radius 1 is 1.44 bits per heavy atom. The van der Waals surface area contributed by atoms with Crippen LogP contribution in [0.5, 0.6) is 0 Å². The van der Waals surface area contributed by atoms with Crippen molar-refractivity contribution in [2.45, 2.75) is 18.9 Å². The maximum Gasteiger partial charge on any atom is 0.257 e. The fourth-order valence-electron chi connectivity index (χ4n) is 1.62. The second-order valence-electron chi connectivity index (χ2n) is 4.15. The van der Waals surface area contributed by atoms with Gasteiger partial charge in [0.05, 0.1) is 0 Å². The summed E-state index contributed by atoms with van der Waals surface area (Å²) in [6.45, 7) is 1.99. The molecule has 1 unspecified atom stereocenters. The van der Waals surface area contributed by atoms with Gasteiger partial charge in [-0.3, -0.25) is 4.79 Å². The lowest BCUT2D eigenvalue weighted by molar-refractivity contribution is -0.131. The van der Waals surface area contributed by atoms with E-state index in [0.717, 1.165) is 17.0 Å². The van der Waals surface area contributed by atoms with Gasteiger partial charge in [0.2, 0.25) is 0 Å². The van der Waals surface area contributed by atoms with Gasteiger partial charge in [-0.1, -0.05) is 17.7 Å². The molecule has 86 valence electrons. The van der Waals surface area contributed by atoms with Gasteiger partial charge in [-0.15, -0.1) is 0 Å². The Morgan fingerprint density at radius 3 is 2.69 bits per heavy atom. The van der Waals surface area contributed by atoms with Crippen LogP contribution in [0.3, 0.4) is 0 Å². The van der Waals surface area contributed by atoms with Crippen molar-refractivity contribution < 1.29 is 9.90 Å². The molecule has 0 bridgehead atoms. The van der Waals surface area contributed by atoms with Crippen molar-refractivity contribution >= 4 is 23.4 Å². The third kappa shape index (κ3) is 2.39. The second kappa shape index (κ2) is 4.47. The number of thioether (sulfide) groups is 1. The van der Waals surface area contributed by atoms with E-state index in [1.165, 1.54) is 0 Å². The molecule has 1 fully saturated rings. The largest absolute Gasteiger partial charge is 0.379 e. The first-order chi connectivity index (χ1) is 7.60. The predicted octanol–water partition coefficient (Wildman–Crippen LogP) is 1.80. The van der Waals surface area contributed by atoms with Crippen LogP contribution in [0.25, 0.3) is 0 Å². The van der Waals surface area contributed by atoms with E-state index in [-0.39, 0.29) is 5.91 Å². The number of amides is 1. The van der Waals surface area contributed by atoms with Crippen LogP contribution in [-0.2, 0) is 4.79 Å². The van der Waals surface area contributed by atoms with Gasteiger partial charge in [0.15, 0.2) is 5.60 Å². The molecular weight excluding hydrogens is 222 g/mol. The molecular formula is C12H15NO2S. The number of hydrogen-bond donors (Lipinski definition) is 2. The molecule has 3 nitrogen and oxygen atoms in total. The number of anilines is 1. The van der Waals surface area contributed by atoms with Crippen molar-refractivity contribution in [1.29, 1.82) is 0 Å². The molecule has 1 amide bonds. The maximum atomic E-state index is 11.8. The molecule has 1 saturated heterocycles. The van der Waals surface area contributed by atoms with Crippen LogP contribution in [0.2, 0.25) is 0 Å². The van der Waals surface area contributed by atoms with Crippen LogP contribution in [0.4, 0.5) is 5.69 Å². The van der Waals surface area contributed by atoms with Crippen molar-refractivity contribution in [2.75, 3.05) is 16.8 Å². The molecule has 1 aromatic carbocycles. The van der Waals surface area contributed by atoms with Gasteiger partial charge in [0.1, 0.15) is 0 Å². The van der Waals surface area contributed by atoms with Gasteiger partial charge in [-0.2, -0.15) is 11.8 Å². The van der Waals surface area contributed by atoms with Crippen molar-refractivity contribution in [3.63, 3.8) is 0 Å². The normalized spacial score (nSPS) is 24.4. The molecule has 1 atom stereocenters. The summed E-state index contributed by atoms with van der Waals surface area (Å²) in [5.41, 5.74) is 0.698. The van der Waals surface area contributed by atoms with Crippen LogP contribution in [-0.4, -0.2) is 28.1 Å². The molecule has 0 aliphatic carbocycles. The van der Waals surface area contributed by atoms with Gasteiger partial charge in [-0.25, -0.2) is 0 Å². The van der Waals surface area contributed by atoms with Crippen LogP contribution in [0.15, 0.2) is 24.3 Å². The molecule has 0 radical (unpaired) electrons. The molecule has 4 heteroatoms. The Morgan fingerprint density at radius 2 is 2.12 bits per heavy atom. The predicted molar refractivity (Wildman–Crippen MR) is 66.7 cm³/mol. The van der Waals surface area contributed by atoms with Crippen LogP contribution in [0.1, 0.15) is 12.0 Å². The van der Waals surface area contributed by atoms with E-state index in [0.29, 0.717) is 12.2 Å². The summed E-state index contributed by atoms with van der Waals surface area (Å²) in [6.07, 6.45) is 0.537. The van der Waals surface area contributed by atoms with Gasteiger partial charge in [0.25, 0.3) is 5.91 Å². The minimum absolute atomic E-state index is 0.290. The minimum Gasteiger partial charge on any atom is -0.379 e. The number of rotatable bonds is 2. The number of benzene rings is 1. The van der Waals surface area contributed by atoms with Crippen molar-refractivity contribution in [3.05, 3.63) is 29.8 Å². The highest BCUT2D eigenvalue weighted by atomic mass is 32.2. The van der Waals surface area contributed by atoms with Crippen molar-refractivity contribution in [1.82, 2.24) is 0 Å². The Bertz CT molecular complexity index is 383. The number of carbonyl (C=O) groups excluding carboxylic acids is 1. The summed E-state index contributed by atoms with van der Waals surface area (Å²) in [7, 11) is 0. The molecule has 2 rings (SSSR count). The zero-order chi connectivity index (χ0) is 11.6. The first-order valence-electron chi connectivity index (χ1n) is 5.28. The zero-order valence-electron chi connectivity index (χ0n) is 9.19. The molecule has 0 saturated carbocycles. The van der Waals surface area contributed by atoms with Crippen molar-refractivity contribution in [2.24, 2.45) is 0 Å². The lowest BCUT2D eigenvalue weighted by Crippen LogP contribution is -2.42. The third-order valence-electron chi connectivity index (χ3n) is 2.73. The summed E-state index contributed by atoms with van der Waals surface area (Å²) in [4.78, 5) is 11.8. The van der Waals surface area contributed by atoms with E-state index in [2.05, 4.69) is 5.32 Å². The molecule has 1 aliphatic rings. The molecule has 0 aromatic heterocycles. The third-order valence-corrected chi connectivity index (χ3v) is 3.91. The first-order valence-corrected chi connectivity index (χ1v) is 6.44. The number of carbonyl (C=O) groups is 1. The minimum atomic E-state index is -1.18. The molecule has 1 aliphatic heterocycles. The zero-order valence-corrected chi connectivity index (χ0v) is 10.0. The average molecular weight is 237 g/mol. The van der Waals surface area contributed by atoms with Gasteiger partial charge in [-0.05, 0) is 31.2 Å². The van der Waals surface area contributed by atoms with Crippen molar-refractivity contribution in [3.8, 4) is 0 Å². The number of hydrogen-bond acceptors (Lipinski definition) is 3. The summed E-state index contributed by atoms with van der Waals surface area (Å²) >= 11 is 1.61. The maximum absolute atomic E-state index is 11.8. The highest BCUT2D eigenvalue weighted by Crippen LogP contribution is 2.28. The number of aryl methyl sites for hydroxylation is 1. The van der Waals surface area contributed by atoms with E-state index in [9.17, 15) is 9.90 Å². The highest BCUT2D eigenvalue weighted by molar-refractivity contribution is 7.99. The van der Waals surface area contributed by atoms with Gasteiger partial charge >= 0.3 is 0 Å². The summed E-state index contributed by atoms with van der Waals surface area (Å²) < 4.78 is 0. The van der Waals surface area contributed by atoms with Crippen LogP contribution in [0, 0.1) is 6.92 Å². The first kappa shape index (κ1) is 11.5. The SMILES string of the molecule is Cc1ccc(NC(=O)C2(O)CCSC2)cc1. The van der Waals surface area contributed by atoms with E-state index < -0.39 is 5.60 Å². The molecule has 16 heavy (non-hydrogen) atoms. The second-order valence-corrected chi connectivity index (χ2v) is 5.26. The van der Waals surface area contributed by atoms with Gasteiger partial charge in [0, 0.05) is 11.4 Å². The molecule has 1 aromatic rings. The Kier molecular flexibility index (Phi) is 3.21. The number of nitrogens with one attached hydrogen (secondary N) is 1. The van der Waals surface area contributed by atoms with E-state index >= 15 is 0 Å². The fourth-order valence-corrected chi connectivity index (χ4v) is 2.86. The van der Waals surface area contributed by atoms with E-state index in [1.807, 2.05) is 31.2 Å². The molecule has 2 N–H and O–H groups in total. The number of aliphatic hydroxyl groups is 1. The monoisotopic (exact) mass is 237 g/mol. The lowest BCUT2D eigenvalue weighted by Gasteiger charge is -2.20. The van der Waals surface area contributed by atoms with Crippen LogP contribution < -0.4 is 5.32 Å². The summed E-state index contributed by atoms with van der Waals surface area (Å²) in [6, 6.07) is 7.56. The summed E-state index contributed by atoms with van der Waals surface area (Å²) in [5, 5.41) is 12.8. The van der Waals surface area contributed by atoms with E-state index in [1.54, 1.807) is 11.8 Å². The fraction of sp³-hybridized carbons (Fsp3) is 0.417. The Hall–Kier alpha value is -1.00. The standard InChI is InChI=1S/C12H15NO2S/c1-9-2-4-10(5-3-9)13-11(14)12(15)6-7-16-8-12/h2-5,15H,6-8H2,1H3,(H,13,14). The topological polar surface area (TPSA) is 49.3 Å². The summed E-state index contributed by atoms with van der Waals surface area (Å²) in [5.74, 6) is 1.05. The average Bonchev–Trinajstić information content (AvgIpc) is 2.70. The quantitative estimate of drug-likeness (QED) is 0.824. The van der Waals surface area contributed by atoms with Gasteiger partial charge < -0.3 is 10.4 Å². The highest BCUT2D eigenvalue weighted by Gasteiger charge is 2.39. The smallest absolute Gasteiger partial charge is 0.257 e. The lowest BCUT2D eigenvalue weighted by atomic mass is 10.0. The van der Waals surface area contributed by atoms with E-state index in [4.69, 9.17) is 0 Å². The Labute approximate surface area is 99.2 Å². The Balaban J connectivity index is 2.04.